The first kappa shape index (κ1) is 26.9. The van der Waals surface area contributed by atoms with E-state index < -0.39 is 47.8 Å². The van der Waals surface area contributed by atoms with Crippen molar-refractivity contribution in [2.75, 3.05) is 19.7 Å². The minimum atomic E-state index is -1.51. The van der Waals surface area contributed by atoms with Gasteiger partial charge in [-0.3, -0.25) is 29.1 Å². The van der Waals surface area contributed by atoms with E-state index in [1.165, 1.54) is 17.0 Å². The average molecular weight is 598 g/mol. The molecule has 4 unspecified atom stereocenters. The lowest BCUT2D eigenvalue weighted by Gasteiger charge is -2.46. The maximum atomic E-state index is 13.7. The van der Waals surface area contributed by atoms with Gasteiger partial charge in [0.05, 0.1) is 23.8 Å². The zero-order valence-electron chi connectivity index (χ0n) is 20.9. The topological polar surface area (TPSA) is 117 Å². The smallest absolute Gasteiger partial charge is 0.321 e. The summed E-state index contributed by atoms with van der Waals surface area (Å²) in [6.45, 7) is 1.40. The van der Waals surface area contributed by atoms with E-state index in [1.807, 2.05) is 0 Å². The molecule has 0 aromatic heterocycles. The van der Waals surface area contributed by atoms with Crippen molar-refractivity contribution in [1.82, 2.24) is 9.80 Å². The third-order valence-electron chi connectivity index (χ3n) is 7.16. The minimum absolute atomic E-state index is 0.0210. The van der Waals surface area contributed by atoms with Crippen molar-refractivity contribution in [1.29, 1.82) is 0 Å². The van der Waals surface area contributed by atoms with Gasteiger partial charge in [-0.25, -0.2) is 4.39 Å². The van der Waals surface area contributed by atoms with Gasteiger partial charge in [0.15, 0.2) is 5.92 Å². The number of amides is 3. The van der Waals surface area contributed by atoms with Crippen molar-refractivity contribution < 1.29 is 33.4 Å². The molecule has 0 aliphatic carbocycles. The number of rotatable bonds is 7. The van der Waals surface area contributed by atoms with E-state index in [9.17, 15) is 28.7 Å². The molecule has 2 aromatic carbocycles. The van der Waals surface area contributed by atoms with E-state index >= 15 is 0 Å². The van der Waals surface area contributed by atoms with E-state index in [1.54, 1.807) is 49.5 Å². The van der Waals surface area contributed by atoms with E-state index in [4.69, 9.17) is 4.74 Å². The molecule has 1 saturated heterocycles. The number of hydrogen-bond donors (Lipinski definition) is 1. The molecule has 0 radical (unpaired) electrons. The summed E-state index contributed by atoms with van der Waals surface area (Å²) in [5.41, 5.74) is 2.08. The maximum absolute atomic E-state index is 13.7. The summed E-state index contributed by atoms with van der Waals surface area (Å²) in [6, 6.07) is 10.8. The molecular weight excluding hydrogens is 573 g/mol. The summed E-state index contributed by atoms with van der Waals surface area (Å²) in [5.74, 6) is -4.36. The fraction of sp³-hybridized carbons (Fsp3) is 0.321. The summed E-state index contributed by atoms with van der Waals surface area (Å²) in [7, 11) is 0. The van der Waals surface area contributed by atoms with Crippen molar-refractivity contribution in [3.8, 4) is 0 Å². The Bertz CT molecular complexity index is 1370. The minimum Gasteiger partial charge on any atom is -0.465 e. The molecule has 4 atom stereocenters. The first-order chi connectivity index (χ1) is 18.7. The van der Waals surface area contributed by atoms with Crippen LogP contribution in [-0.4, -0.2) is 82.7 Å². The molecule has 5 rings (SSSR count). The first-order valence-electron chi connectivity index (χ1n) is 12.5. The third kappa shape index (κ3) is 4.80. The number of fused-ring (bicyclic) bond motifs is 2. The number of ether oxygens (including phenoxy) is 1. The second-order valence-electron chi connectivity index (χ2n) is 9.45. The lowest BCUT2D eigenvalue weighted by molar-refractivity contribution is -0.167. The van der Waals surface area contributed by atoms with Gasteiger partial charge in [0.25, 0.3) is 11.8 Å². The first-order valence-corrected chi connectivity index (χ1v) is 13.3. The number of carbonyl (C=O) groups is 4. The summed E-state index contributed by atoms with van der Waals surface area (Å²) < 4.78 is 19.0. The van der Waals surface area contributed by atoms with Gasteiger partial charge in [-0.1, -0.05) is 40.2 Å². The molecule has 3 amide bonds. The van der Waals surface area contributed by atoms with Crippen LogP contribution in [0.1, 0.15) is 33.2 Å². The van der Waals surface area contributed by atoms with Crippen LogP contribution >= 0.6 is 15.9 Å². The Kier molecular flexibility index (Phi) is 7.46. The largest absolute Gasteiger partial charge is 0.465 e. The standard InChI is InChI=1S/C28H25BrFN3O6/c1-2-39-28(38)20-24(34)22-23(21(29)16(14-31-22)13-15-7-9-17(30)10-8-15)32(27(20)37)11-12-33-25(35)18-5-3-4-6-19(18)26(33)36/h3-10,14,20,22-24,34H,2,11-13H2,1H3. The highest BCUT2D eigenvalue weighted by molar-refractivity contribution is 9.11. The Morgan fingerprint density at radius 3 is 2.31 bits per heavy atom. The number of aliphatic hydroxyl groups excluding tert-OH is 1. The van der Waals surface area contributed by atoms with Gasteiger partial charge in [-0.2, -0.15) is 0 Å². The predicted octanol–water partition coefficient (Wildman–Crippen LogP) is 2.52. The zero-order valence-corrected chi connectivity index (χ0v) is 22.5. The van der Waals surface area contributed by atoms with Crippen LogP contribution in [0.4, 0.5) is 4.39 Å². The van der Waals surface area contributed by atoms with Crippen molar-refractivity contribution in [2.24, 2.45) is 10.9 Å². The Balaban J connectivity index is 1.46. The molecular formula is C28H25BrFN3O6. The zero-order chi connectivity index (χ0) is 27.8. The van der Waals surface area contributed by atoms with Crippen LogP contribution in [0, 0.1) is 11.7 Å². The molecule has 1 N–H and O–H groups in total. The number of nitrogens with zero attached hydrogens (tertiary/aromatic N) is 3. The number of aliphatic imine (C=N–C) groups is 1. The second-order valence-corrected chi connectivity index (χ2v) is 10.3. The van der Waals surface area contributed by atoms with Crippen molar-refractivity contribution in [3.05, 3.63) is 81.1 Å². The van der Waals surface area contributed by atoms with Crippen molar-refractivity contribution in [2.45, 2.75) is 31.5 Å². The molecule has 0 bridgehead atoms. The van der Waals surface area contributed by atoms with Crippen LogP contribution in [0.15, 0.2) is 63.6 Å². The number of carbonyl (C=O) groups excluding carboxylic acids is 4. The number of esters is 1. The van der Waals surface area contributed by atoms with Gasteiger partial charge in [0, 0.05) is 23.8 Å². The van der Waals surface area contributed by atoms with Gasteiger partial charge < -0.3 is 14.7 Å². The SMILES string of the molecule is CCOC(=O)C1C(=O)N(CCN2C(=O)c3ccccc3C2=O)C2C(Br)=C(Cc3ccc(F)cc3)C=NC2C1O. The summed E-state index contributed by atoms with van der Waals surface area (Å²) in [5, 5.41) is 11.1. The van der Waals surface area contributed by atoms with E-state index in [0.29, 0.717) is 16.5 Å². The van der Waals surface area contributed by atoms with Crippen LogP contribution in [0.25, 0.3) is 0 Å². The van der Waals surface area contributed by atoms with Gasteiger partial charge in [-0.05, 0) is 48.7 Å². The maximum Gasteiger partial charge on any atom is 0.321 e. The summed E-state index contributed by atoms with van der Waals surface area (Å²) in [4.78, 5) is 59.2. The van der Waals surface area contributed by atoms with E-state index in [2.05, 4.69) is 20.9 Å². The Labute approximate surface area is 232 Å². The number of dihydropyridines is 1. The fourth-order valence-corrected chi connectivity index (χ4v) is 6.00. The highest BCUT2D eigenvalue weighted by atomic mass is 79.9. The number of allylic oxidation sites excluding steroid dienone is 1. The molecule has 39 heavy (non-hydrogen) atoms. The van der Waals surface area contributed by atoms with Gasteiger partial charge in [0.2, 0.25) is 5.91 Å². The summed E-state index contributed by atoms with van der Waals surface area (Å²) in [6.07, 6.45) is 0.483. The average Bonchev–Trinajstić information content (AvgIpc) is 3.16. The number of likely N-dealkylation sites (tertiary alicyclic amines) is 1. The van der Waals surface area contributed by atoms with Gasteiger partial charge in [-0.15, -0.1) is 0 Å². The molecule has 0 spiro atoms. The molecule has 11 heteroatoms. The normalized spacial score (nSPS) is 24.3. The Morgan fingerprint density at radius 1 is 1.05 bits per heavy atom. The lowest BCUT2D eigenvalue weighted by atomic mass is 9.82. The number of halogens is 2. The van der Waals surface area contributed by atoms with E-state index in [0.717, 1.165) is 10.5 Å². The Morgan fingerprint density at radius 2 is 1.69 bits per heavy atom. The Hall–Kier alpha value is -3.70. The molecule has 9 nitrogen and oxygen atoms in total. The fourth-order valence-electron chi connectivity index (χ4n) is 5.24. The quantitative estimate of drug-likeness (QED) is 0.298. The number of piperidine rings is 1. The number of aliphatic hydroxyl groups is 1. The lowest BCUT2D eigenvalue weighted by Crippen LogP contribution is -2.65. The van der Waals surface area contributed by atoms with Crippen molar-refractivity contribution in [3.63, 3.8) is 0 Å². The molecule has 3 heterocycles. The number of hydrogen-bond acceptors (Lipinski definition) is 7. The predicted molar refractivity (Wildman–Crippen MR) is 142 cm³/mol. The van der Waals surface area contributed by atoms with Crippen LogP contribution in [0.5, 0.6) is 0 Å². The molecule has 1 fully saturated rings. The highest BCUT2D eigenvalue weighted by Crippen LogP contribution is 2.38. The number of benzene rings is 2. The van der Waals surface area contributed by atoms with Crippen LogP contribution in [0.3, 0.4) is 0 Å². The van der Waals surface area contributed by atoms with Crippen LogP contribution < -0.4 is 0 Å². The van der Waals surface area contributed by atoms with Gasteiger partial charge >= 0.3 is 5.97 Å². The monoisotopic (exact) mass is 597 g/mol. The molecule has 2 aromatic rings. The number of imide groups is 1. The van der Waals surface area contributed by atoms with Crippen LogP contribution in [0.2, 0.25) is 0 Å². The summed E-state index contributed by atoms with van der Waals surface area (Å²) >= 11 is 3.60. The van der Waals surface area contributed by atoms with E-state index in [-0.39, 0.29) is 36.6 Å². The third-order valence-corrected chi connectivity index (χ3v) is 8.14. The second kappa shape index (κ2) is 10.8. The van der Waals surface area contributed by atoms with Gasteiger partial charge in [0.1, 0.15) is 18.0 Å². The molecule has 0 saturated carbocycles. The van der Waals surface area contributed by atoms with Crippen LogP contribution in [-0.2, 0) is 20.7 Å². The molecule has 3 aliphatic heterocycles. The van der Waals surface area contributed by atoms with Crippen molar-refractivity contribution >= 4 is 45.8 Å². The highest BCUT2D eigenvalue weighted by Gasteiger charge is 2.54. The molecule has 3 aliphatic rings. The molecule has 202 valence electrons.